The summed E-state index contributed by atoms with van der Waals surface area (Å²) in [4.78, 5) is 24.7. The lowest BCUT2D eigenvalue weighted by molar-refractivity contribution is -0.137. The predicted octanol–water partition coefficient (Wildman–Crippen LogP) is 5.30. The lowest BCUT2D eigenvalue weighted by Gasteiger charge is -2.36. The number of hydrogen-bond acceptors (Lipinski definition) is 5. The number of nitrogens with one attached hydrogen (secondary N) is 1. The summed E-state index contributed by atoms with van der Waals surface area (Å²) in [6.07, 6.45) is -0.376. The Labute approximate surface area is 219 Å². The van der Waals surface area contributed by atoms with Gasteiger partial charge >= 0.3 is 5.97 Å². The molecule has 1 heterocycles. The van der Waals surface area contributed by atoms with Crippen LogP contribution >= 0.6 is 23.2 Å². The Hall–Kier alpha value is -3.07. The van der Waals surface area contributed by atoms with Crippen LogP contribution < -0.4 is 10.1 Å². The van der Waals surface area contributed by atoms with Crippen LogP contribution in [0.15, 0.2) is 54.6 Å². The zero-order valence-electron chi connectivity index (χ0n) is 20.5. The van der Waals surface area contributed by atoms with Gasteiger partial charge in [-0.3, -0.25) is 9.59 Å². The predicted molar refractivity (Wildman–Crippen MR) is 138 cm³/mol. The molecule has 0 bridgehead atoms. The lowest BCUT2D eigenvalue weighted by Crippen LogP contribution is -2.45. The minimum absolute atomic E-state index is 0.0252. The summed E-state index contributed by atoms with van der Waals surface area (Å²) in [6, 6.07) is 14.1. The van der Waals surface area contributed by atoms with Crippen molar-refractivity contribution in [3.63, 3.8) is 0 Å². The largest absolute Gasteiger partial charge is 0.481 e. The number of benzene rings is 2. The Morgan fingerprint density at radius 2 is 1.67 bits per heavy atom. The average molecular weight is 534 g/mol. The number of nitrogens with zero attached hydrogens (tertiary/aromatic N) is 2. The van der Waals surface area contributed by atoms with Gasteiger partial charge in [-0.2, -0.15) is 9.78 Å². The van der Waals surface area contributed by atoms with Crippen LogP contribution in [-0.4, -0.2) is 44.1 Å². The van der Waals surface area contributed by atoms with E-state index < -0.39 is 28.9 Å². The second-order valence-corrected chi connectivity index (χ2v) is 10.5. The molecular formula is C26H29Cl2N3O5. The Kier molecular flexibility index (Phi) is 8.33. The molecule has 0 radical (unpaired) electrons. The minimum atomic E-state index is -1.19. The van der Waals surface area contributed by atoms with Crippen LogP contribution in [0.3, 0.4) is 0 Å². The summed E-state index contributed by atoms with van der Waals surface area (Å²) in [7, 11) is 0. The van der Waals surface area contributed by atoms with Gasteiger partial charge in [-0.25, -0.2) is 0 Å². The van der Waals surface area contributed by atoms with Crippen molar-refractivity contribution in [2.24, 2.45) is 5.41 Å². The van der Waals surface area contributed by atoms with Crippen LogP contribution in [0.4, 0.5) is 0 Å². The van der Waals surface area contributed by atoms with Crippen LogP contribution in [0.2, 0.25) is 10.0 Å². The highest BCUT2D eigenvalue weighted by Gasteiger charge is 2.36. The maximum atomic E-state index is 13.2. The molecule has 8 nitrogen and oxygen atoms in total. The molecule has 0 aliphatic heterocycles. The first-order valence-corrected chi connectivity index (χ1v) is 12.0. The normalized spacial score (nSPS) is 14.1. The van der Waals surface area contributed by atoms with Gasteiger partial charge in [-0.1, -0.05) is 74.3 Å². The second-order valence-electron chi connectivity index (χ2n) is 9.69. The lowest BCUT2D eigenvalue weighted by atomic mass is 9.78. The van der Waals surface area contributed by atoms with Crippen molar-refractivity contribution in [2.75, 3.05) is 6.61 Å². The number of hydrogen-bond donors (Lipinski definition) is 3. The first-order chi connectivity index (χ1) is 16.8. The number of aromatic nitrogens is 2. The molecule has 0 aliphatic rings. The molecule has 0 saturated carbocycles. The van der Waals surface area contributed by atoms with Crippen molar-refractivity contribution in [3.8, 4) is 11.6 Å². The van der Waals surface area contributed by atoms with Gasteiger partial charge in [-0.15, -0.1) is 0 Å². The summed E-state index contributed by atoms with van der Waals surface area (Å²) >= 11 is 12.6. The maximum absolute atomic E-state index is 13.2. The quantitative estimate of drug-likeness (QED) is 0.343. The van der Waals surface area contributed by atoms with Crippen LogP contribution in [0, 0.1) is 5.41 Å². The molecule has 36 heavy (non-hydrogen) atoms. The highest BCUT2D eigenvalue weighted by Crippen LogP contribution is 2.32. The van der Waals surface area contributed by atoms with Gasteiger partial charge in [-0.05, 0) is 36.1 Å². The van der Waals surface area contributed by atoms with E-state index in [0.29, 0.717) is 21.3 Å². The molecule has 2 aromatic carbocycles. The Balaban J connectivity index is 1.97. The number of carboxylic acid groups (broad SMARTS) is 1. The van der Waals surface area contributed by atoms with Crippen molar-refractivity contribution in [1.82, 2.24) is 15.1 Å². The van der Waals surface area contributed by atoms with Crippen molar-refractivity contribution in [3.05, 3.63) is 75.9 Å². The maximum Gasteiger partial charge on any atom is 0.305 e. The first kappa shape index (κ1) is 27.5. The molecule has 0 aliphatic carbocycles. The standard InChI is InChI=1S/C26H29Cl2N3O5/c1-25(2,3)26(4,35)15-36-22-13-20(30-31(22)21-12-8-7-11-18(21)28)24(34)29-19(14-23(32)33)16-9-5-6-10-17(16)27/h5-13,19,35H,14-15H2,1-4H3,(H,29,34)(H,32,33)/t19-,26-/m0/s1. The molecule has 3 N–H and O–H groups in total. The van der Waals surface area contributed by atoms with E-state index in [4.69, 9.17) is 27.9 Å². The number of aliphatic hydroxyl groups is 1. The summed E-state index contributed by atoms with van der Waals surface area (Å²) in [5.74, 6) is -1.54. The zero-order chi connectivity index (χ0) is 26.7. The molecule has 192 valence electrons. The molecule has 1 aromatic heterocycles. The van der Waals surface area contributed by atoms with E-state index in [-0.39, 0.29) is 24.6 Å². The number of aliphatic carboxylic acids is 1. The van der Waals surface area contributed by atoms with Gasteiger partial charge in [0, 0.05) is 11.1 Å². The summed E-state index contributed by atoms with van der Waals surface area (Å²) in [5.41, 5.74) is -0.763. The average Bonchev–Trinajstić information content (AvgIpc) is 3.21. The van der Waals surface area contributed by atoms with E-state index in [2.05, 4.69) is 10.4 Å². The van der Waals surface area contributed by atoms with E-state index in [1.165, 1.54) is 10.7 Å². The van der Waals surface area contributed by atoms with Crippen LogP contribution in [0.5, 0.6) is 5.88 Å². The van der Waals surface area contributed by atoms with Crippen LogP contribution in [-0.2, 0) is 4.79 Å². The van der Waals surface area contributed by atoms with Crippen molar-refractivity contribution in [2.45, 2.75) is 45.8 Å². The van der Waals surface area contributed by atoms with Gasteiger partial charge in [0.05, 0.1) is 23.2 Å². The van der Waals surface area contributed by atoms with Gasteiger partial charge in [0.15, 0.2) is 5.69 Å². The Morgan fingerprint density at radius 3 is 2.25 bits per heavy atom. The van der Waals surface area contributed by atoms with Gasteiger partial charge in [0.25, 0.3) is 5.91 Å². The fourth-order valence-electron chi connectivity index (χ4n) is 3.21. The molecule has 0 fully saturated rings. The molecule has 3 aromatic rings. The van der Waals surface area contributed by atoms with Gasteiger partial charge in [0.2, 0.25) is 5.88 Å². The van der Waals surface area contributed by atoms with Gasteiger partial charge in [0.1, 0.15) is 12.2 Å². The summed E-state index contributed by atoms with van der Waals surface area (Å²) < 4.78 is 7.31. The molecule has 1 amide bonds. The van der Waals surface area contributed by atoms with E-state index in [9.17, 15) is 19.8 Å². The first-order valence-electron chi connectivity index (χ1n) is 11.3. The Bertz CT molecular complexity index is 1250. The topological polar surface area (TPSA) is 114 Å². The third kappa shape index (κ3) is 6.37. The van der Waals surface area contributed by atoms with Crippen molar-refractivity contribution >= 4 is 35.1 Å². The van der Waals surface area contributed by atoms with Crippen molar-refractivity contribution in [1.29, 1.82) is 0 Å². The molecule has 10 heteroatoms. The van der Waals surface area contributed by atoms with Crippen molar-refractivity contribution < 1.29 is 24.5 Å². The van der Waals surface area contributed by atoms with E-state index in [1.807, 2.05) is 20.8 Å². The second kappa shape index (κ2) is 10.9. The molecule has 0 saturated heterocycles. The van der Waals surface area contributed by atoms with Gasteiger partial charge < -0.3 is 20.3 Å². The SMILES string of the molecule is CC(C)(C)[C@@](C)(O)COc1cc(C(=O)N[C@@H](CC(=O)O)c2ccccc2Cl)nn1-c1ccccc1Cl. The molecular weight excluding hydrogens is 505 g/mol. The molecule has 3 rings (SSSR count). The number of para-hydroxylation sites is 1. The van der Waals surface area contributed by atoms with Crippen LogP contribution in [0.1, 0.15) is 56.2 Å². The fraction of sp³-hybridized carbons (Fsp3) is 0.346. The zero-order valence-corrected chi connectivity index (χ0v) is 22.0. The molecule has 0 spiro atoms. The number of carboxylic acids is 1. The smallest absolute Gasteiger partial charge is 0.305 e. The third-order valence-electron chi connectivity index (χ3n) is 6.07. The minimum Gasteiger partial charge on any atom is -0.481 e. The number of amides is 1. The third-order valence-corrected chi connectivity index (χ3v) is 6.74. The highest BCUT2D eigenvalue weighted by molar-refractivity contribution is 6.32. The number of rotatable bonds is 9. The molecule has 2 atom stereocenters. The number of carbonyl (C=O) groups is 2. The Morgan fingerprint density at radius 1 is 1.06 bits per heavy atom. The summed E-state index contributed by atoms with van der Waals surface area (Å²) in [5, 5.41) is 28.1. The monoisotopic (exact) mass is 533 g/mol. The van der Waals surface area contributed by atoms with E-state index in [0.717, 1.165) is 0 Å². The fourth-order valence-corrected chi connectivity index (χ4v) is 3.69. The number of halogens is 2. The summed E-state index contributed by atoms with van der Waals surface area (Å²) in [6.45, 7) is 7.25. The molecule has 0 unspecified atom stereocenters. The van der Waals surface area contributed by atoms with E-state index >= 15 is 0 Å². The number of carbonyl (C=O) groups excluding carboxylic acids is 1. The van der Waals surface area contributed by atoms with E-state index in [1.54, 1.807) is 55.5 Å². The van der Waals surface area contributed by atoms with Crippen LogP contribution in [0.25, 0.3) is 5.69 Å². The number of ether oxygens (including phenoxy) is 1. The highest BCUT2D eigenvalue weighted by atomic mass is 35.5.